The van der Waals surface area contributed by atoms with Crippen molar-refractivity contribution < 1.29 is 0 Å². The Labute approximate surface area is 110 Å². The average Bonchev–Trinajstić information content (AvgIpc) is 2.76. The van der Waals surface area contributed by atoms with Crippen molar-refractivity contribution in [1.29, 1.82) is 0 Å². The van der Waals surface area contributed by atoms with Gasteiger partial charge in [0.2, 0.25) is 0 Å². The van der Waals surface area contributed by atoms with E-state index in [2.05, 4.69) is 20.4 Å². The average molecular weight is 291 g/mol. The first-order valence-corrected chi connectivity index (χ1v) is 7.67. The summed E-state index contributed by atoms with van der Waals surface area (Å²) >= 11 is 10.4. The van der Waals surface area contributed by atoms with E-state index >= 15 is 0 Å². The summed E-state index contributed by atoms with van der Waals surface area (Å²) in [4.78, 5) is 0. The van der Waals surface area contributed by atoms with Crippen LogP contribution in [-0.4, -0.2) is 26.7 Å². The molecular formula is C8H7ClN4S3. The van der Waals surface area contributed by atoms with Gasteiger partial charge in [0.25, 0.3) is 0 Å². The van der Waals surface area contributed by atoms with Crippen molar-refractivity contribution in [1.82, 2.24) is 20.4 Å². The van der Waals surface area contributed by atoms with Crippen LogP contribution in [0.15, 0.2) is 20.8 Å². The lowest BCUT2D eigenvalue weighted by Gasteiger charge is -1.95. The summed E-state index contributed by atoms with van der Waals surface area (Å²) in [5, 5.41) is 16.2. The molecule has 0 unspecified atom stereocenters. The zero-order valence-electron chi connectivity index (χ0n) is 8.25. The zero-order chi connectivity index (χ0) is 11.4. The Hall–Kier alpha value is -0.370. The molecule has 0 spiro atoms. The number of halogens is 1. The van der Waals surface area contributed by atoms with E-state index in [9.17, 15) is 0 Å². The summed E-state index contributed by atoms with van der Waals surface area (Å²) in [5.41, 5.74) is 0.885. The molecule has 2 rings (SSSR count). The maximum Gasteiger partial charge on any atom is 0.175 e. The monoisotopic (exact) mass is 290 g/mol. The van der Waals surface area contributed by atoms with E-state index in [-0.39, 0.29) is 0 Å². The lowest BCUT2D eigenvalue weighted by Crippen LogP contribution is -1.89. The molecule has 0 radical (unpaired) electrons. The molecule has 4 nitrogen and oxygen atoms in total. The number of rotatable bonds is 4. The molecule has 0 bridgehead atoms. The molecule has 0 aromatic carbocycles. The minimum absolute atomic E-state index is 0.411. The number of nitrogens with zero attached hydrogens (tertiary/aromatic N) is 4. The van der Waals surface area contributed by atoms with Crippen molar-refractivity contribution in [2.24, 2.45) is 0 Å². The van der Waals surface area contributed by atoms with Crippen molar-refractivity contribution in [2.45, 2.75) is 14.4 Å². The van der Waals surface area contributed by atoms with Crippen LogP contribution in [0.4, 0.5) is 0 Å². The Morgan fingerprint density at radius 1 is 1.19 bits per heavy atom. The van der Waals surface area contributed by atoms with Crippen LogP contribution < -0.4 is 0 Å². The lowest BCUT2D eigenvalue weighted by atomic mass is 10.4. The molecule has 0 fully saturated rings. The normalized spacial score (nSPS) is 10.6. The molecule has 84 valence electrons. The van der Waals surface area contributed by atoms with Gasteiger partial charge in [-0.3, -0.25) is 0 Å². The maximum absolute atomic E-state index is 5.65. The maximum atomic E-state index is 5.65. The van der Waals surface area contributed by atoms with E-state index in [0.29, 0.717) is 5.15 Å². The molecule has 0 atom stereocenters. The molecular weight excluding hydrogens is 284 g/mol. The Morgan fingerprint density at radius 2 is 2.00 bits per heavy atom. The fraction of sp³-hybridized carbons (Fsp3) is 0.250. The third-order valence-electron chi connectivity index (χ3n) is 1.59. The second kappa shape index (κ2) is 5.81. The Bertz CT molecular complexity index is 459. The summed E-state index contributed by atoms with van der Waals surface area (Å²) < 4.78 is 1.92. The van der Waals surface area contributed by atoms with Crippen molar-refractivity contribution in [3.05, 3.63) is 23.0 Å². The van der Waals surface area contributed by atoms with Crippen LogP contribution in [0.5, 0.6) is 0 Å². The van der Waals surface area contributed by atoms with Crippen LogP contribution in [0.2, 0.25) is 5.15 Å². The van der Waals surface area contributed by atoms with Crippen LogP contribution in [0, 0.1) is 0 Å². The molecule has 2 heterocycles. The SMILES string of the molecule is CSc1nnc(SCc2ccc(Cl)nn2)s1. The van der Waals surface area contributed by atoms with Gasteiger partial charge in [0.15, 0.2) is 13.8 Å². The Kier molecular flexibility index (Phi) is 4.39. The van der Waals surface area contributed by atoms with Crippen molar-refractivity contribution in [2.75, 3.05) is 6.26 Å². The van der Waals surface area contributed by atoms with Gasteiger partial charge in [-0.2, -0.15) is 5.10 Å². The van der Waals surface area contributed by atoms with Gasteiger partial charge in [-0.15, -0.1) is 15.3 Å². The first-order valence-electron chi connectivity index (χ1n) is 4.26. The van der Waals surface area contributed by atoms with Gasteiger partial charge in [-0.25, -0.2) is 0 Å². The Morgan fingerprint density at radius 3 is 2.62 bits per heavy atom. The van der Waals surface area contributed by atoms with Gasteiger partial charge in [0.1, 0.15) is 0 Å². The highest BCUT2D eigenvalue weighted by atomic mass is 35.5. The van der Waals surface area contributed by atoms with Crippen LogP contribution in [0.25, 0.3) is 0 Å². The summed E-state index contributed by atoms with van der Waals surface area (Å²) in [6, 6.07) is 3.59. The number of hydrogen-bond acceptors (Lipinski definition) is 7. The lowest BCUT2D eigenvalue weighted by molar-refractivity contribution is 0.949. The quantitative estimate of drug-likeness (QED) is 0.807. The van der Waals surface area contributed by atoms with Gasteiger partial charge in [0.05, 0.1) is 5.69 Å². The summed E-state index contributed by atoms with van der Waals surface area (Å²) in [6.07, 6.45) is 1.99. The van der Waals surface area contributed by atoms with Gasteiger partial charge in [-0.05, 0) is 18.4 Å². The highest BCUT2D eigenvalue weighted by Gasteiger charge is 2.04. The highest BCUT2D eigenvalue weighted by molar-refractivity contribution is 8.02. The van der Waals surface area contributed by atoms with Crippen LogP contribution >= 0.6 is 46.5 Å². The number of hydrogen-bond donors (Lipinski definition) is 0. The van der Waals surface area contributed by atoms with E-state index in [1.54, 1.807) is 40.9 Å². The molecule has 0 saturated heterocycles. The van der Waals surface area contributed by atoms with E-state index in [1.165, 1.54) is 0 Å². The Balaban J connectivity index is 1.94. The summed E-state index contributed by atoms with van der Waals surface area (Å²) in [6.45, 7) is 0. The molecule has 0 saturated carbocycles. The predicted octanol–water partition coefficient (Wildman–Crippen LogP) is 3.00. The van der Waals surface area contributed by atoms with E-state index in [0.717, 1.165) is 20.1 Å². The smallest absolute Gasteiger partial charge is 0.153 e. The fourth-order valence-electron chi connectivity index (χ4n) is 0.894. The van der Waals surface area contributed by atoms with Gasteiger partial charge < -0.3 is 0 Å². The molecule has 0 amide bonds. The zero-order valence-corrected chi connectivity index (χ0v) is 11.5. The van der Waals surface area contributed by atoms with Crippen LogP contribution in [-0.2, 0) is 5.75 Å². The van der Waals surface area contributed by atoms with Crippen LogP contribution in [0.1, 0.15) is 5.69 Å². The van der Waals surface area contributed by atoms with E-state index in [4.69, 9.17) is 11.6 Å². The molecule has 16 heavy (non-hydrogen) atoms. The third-order valence-corrected chi connectivity index (χ3v) is 4.86. The molecule has 2 aromatic rings. The first kappa shape index (κ1) is 12.1. The van der Waals surface area contributed by atoms with E-state index < -0.39 is 0 Å². The molecule has 0 N–H and O–H groups in total. The summed E-state index contributed by atoms with van der Waals surface area (Å²) in [7, 11) is 0. The van der Waals surface area contributed by atoms with Crippen molar-refractivity contribution in [3.63, 3.8) is 0 Å². The van der Waals surface area contributed by atoms with Crippen molar-refractivity contribution in [3.8, 4) is 0 Å². The minimum Gasteiger partial charge on any atom is -0.153 e. The van der Waals surface area contributed by atoms with Crippen LogP contribution in [0.3, 0.4) is 0 Å². The minimum atomic E-state index is 0.411. The largest absolute Gasteiger partial charge is 0.175 e. The van der Waals surface area contributed by atoms with E-state index in [1.807, 2.05) is 12.3 Å². The number of aromatic nitrogens is 4. The second-order valence-corrected chi connectivity index (χ2v) is 6.31. The van der Waals surface area contributed by atoms with Crippen molar-refractivity contribution >= 4 is 46.5 Å². The topological polar surface area (TPSA) is 51.6 Å². The second-order valence-electron chi connectivity index (χ2n) is 2.67. The molecule has 2 aromatic heterocycles. The highest BCUT2D eigenvalue weighted by Crippen LogP contribution is 2.29. The summed E-state index contributed by atoms with van der Waals surface area (Å²) in [5.74, 6) is 0.729. The fourth-order valence-corrected chi connectivity index (χ4v) is 3.33. The first-order chi connectivity index (χ1) is 7.78. The van der Waals surface area contributed by atoms with Gasteiger partial charge in [0, 0.05) is 5.75 Å². The standard InChI is InChI=1S/C8H7ClN4S3/c1-14-7-12-13-8(16-7)15-4-5-2-3-6(9)11-10-5/h2-3H,4H2,1H3. The molecule has 8 heteroatoms. The van der Waals surface area contributed by atoms with Gasteiger partial charge in [-0.1, -0.05) is 46.5 Å². The predicted molar refractivity (Wildman–Crippen MR) is 68.3 cm³/mol. The third kappa shape index (κ3) is 3.31. The molecule has 0 aliphatic heterocycles. The van der Waals surface area contributed by atoms with Gasteiger partial charge >= 0.3 is 0 Å². The number of thioether (sulfide) groups is 2. The molecule has 0 aliphatic rings. The molecule has 0 aliphatic carbocycles.